The van der Waals surface area contributed by atoms with Crippen molar-refractivity contribution in [2.75, 3.05) is 13.7 Å². The summed E-state index contributed by atoms with van der Waals surface area (Å²) in [5.74, 6) is -0.272. The van der Waals surface area contributed by atoms with E-state index >= 15 is 0 Å². The molecule has 2 aliphatic rings. The maximum Gasteiger partial charge on any atom is 0.275 e. The number of nitrogens with one attached hydrogen (secondary N) is 2. The van der Waals surface area contributed by atoms with Crippen LogP contribution in [-0.4, -0.2) is 40.4 Å². The Balaban J connectivity index is 2.42. The van der Waals surface area contributed by atoms with E-state index in [1.807, 2.05) is 25.3 Å². The Hall–Kier alpha value is -2.15. The van der Waals surface area contributed by atoms with E-state index in [1.54, 1.807) is 19.5 Å². The number of pyridine rings is 1. The summed E-state index contributed by atoms with van der Waals surface area (Å²) in [5, 5.41) is 9.17. The van der Waals surface area contributed by atoms with E-state index in [9.17, 15) is 9.59 Å². The highest BCUT2D eigenvalue weighted by molar-refractivity contribution is 6.00. The van der Waals surface area contributed by atoms with Crippen LogP contribution in [-0.2, 0) is 4.74 Å². The number of H-pyrrole nitrogens is 1. The first-order chi connectivity index (χ1) is 9.93. The summed E-state index contributed by atoms with van der Waals surface area (Å²) in [6.07, 6.45) is 3.42. The topological polar surface area (TPSA) is 89.0 Å². The zero-order valence-corrected chi connectivity index (χ0v) is 12.6. The molecule has 0 fully saturated rings. The van der Waals surface area contributed by atoms with Crippen LogP contribution in [0.2, 0.25) is 0 Å². The molecular weight excluding hydrogens is 272 g/mol. The van der Waals surface area contributed by atoms with E-state index in [-0.39, 0.29) is 23.6 Å². The van der Waals surface area contributed by atoms with Crippen molar-refractivity contribution >= 4 is 5.91 Å². The van der Waals surface area contributed by atoms with Gasteiger partial charge in [-0.2, -0.15) is 5.10 Å². The van der Waals surface area contributed by atoms with Crippen LogP contribution < -0.4 is 10.9 Å². The van der Waals surface area contributed by atoms with E-state index in [0.29, 0.717) is 23.4 Å². The van der Waals surface area contributed by atoms with Gasteiger partial charge in [0, 0.05) is 31.6 Å². The number of ether oxygens (including phenoxy) is 1. The van der Waals surface area contributed by atoms with Crippen molar-refractivity contribution in [3.05, 3.63) is 28.3 Å². The predicted octanol–water partition coefficient (Wildman–Crippen LogP) is 1.02. The van der Waals surface area contributed by atoms with E-state index in [4.69, 9.17) is 4.74 Å². The molecule has 0 saturated carbocycles. The van der Waals surface area contributed by atoms with Crippen LogP contribution in [0.3, 0.4) is 0 Å². The van der Waals surface area contributed by atoms with Crippen LogP contribution in [0.4, 0.5) is 0 Å². The van der Waals surface area contributed by atoms with Gasteiger partial charge in [-0.05, 0) is 20.8 Å². The minimum Gasteiger partial charge on any atom is -0.383 e. The molecule has 0 aromatic heterocycles. The molecule has 1 atom stereocenters. The summed E-state index contributed by atoms with van der Waals surface area (Å²) in [7, 11) is 1.58. The van der Waals surface area contributed by atoms with Gasteiger partial charge in [-0.15, -0.1) is 0 Å². The Morgan fingerprint density at radius 3 is 2.76 bits per heavy atom. The van der Waals surface area contributed by atoms with E-state index < -0.39 is 0 Å². The molecule has 7 nitrogen and oxygen atoms in total. The maximum absolute atomic E-state index is 12.4. The van der Waals surface area contributed by atoms with Crippen molar-refractivity contribution in [2.45, 2.75) is 32.9 Å². The van der Waals surface area contributed by atoms with Crippen molar-refractivity contribution in [2.24, 2.45) is 0 Å². The van der Waals surface area contributed by atoms with Crippen LogP contribution in [0.15, 0.2) is 17.2 Å². The summed E-state index contributed by atoms with van der Waals surface area (Å²) >= 11 is 0. The third kappa shape index (κ3) is 3.13. The number of fused-ring (bicyclic) bond motifs is 1. The van der Waals surface area contributed by atoms with Gasteiger partial charge in [0.2, 0.25) is 0 Å². The third-order valence-electron chi connectivity index (χ3n) is 3.22. The molecule has 1 amide bonds. The number of aromatic nitrogens is 3. The molecule has 0 unspecified atom stereocenters. The largest absolute Gasteiger partial charge is 0.383 e. The molecule has 114 valence electrons. The molecule has 0 aromatic carbocycles. The Morgan fingerprint density at radius 1 is 1.43 bits per heavy atom. The van der Waals surface area contributed by atoms with Crippen LogP contribution in [0.1, 0.15) is 37.2 Å². The van der Waals surface area contributed by atoms with E-state index in [2.05, 4.69) is 15.5 Å². The van der Waals surface area contributed by atoms with E-state index in [1.165, 1.54) is 0 Å². The quantitative estimate of drug-likeness (QED) is 0.861. The van der Waals surface area contributed by atoms with Crippen molar-refractivity contribution in [3.8, 4) is 11.3 Å². The molecule has 0 saturated heterocycles. The van der Waals surface area contributed by atoms with Gasteiger partial charge >= 0.3 is 0 Å². The summed E-state index contributed by atoms with van der Waals surface area (Å²) in [6.45, 7) is 6.22. The number of aromatic amines is 1. The first-order valence-corrected chi connectivity index (χ1v) is 6.83. The Bertz CT molecular complexity index is 659. The van der Waals surface area contributed by atoms with Gasteiger partial charge in [0.25, 0.3) is 11.5 Å². The summed E-state index contributed by atoms with van der Waals surface area (Å²) in [4.78, 5) is 24.2. The number of nitrogens with zero attached hydrogens (tertiary/aromatic N) is 2. The molecule has 0 bridgehead atoms. The highest BCUT2D eigenvalue weighted by Gasteiger charge is 2.22. The fraction of sp³-hybridized carbons (Fsp3) is 0.500. The Labute approximate surface area is 122 Å². The van der Waals surface area contributed by atoms with Crippen LogP contribution in [0.5, 0.6) is 0 Å². The van der Waals surface area contributed by atoms with Crippen LogP contribution in [0, 0.1) is 0 Å². The number of amides is 1. The molecule has 7 heteroatoms. The van der Waals surface area contributed by atoms with Gasteiger partial charge in [0.1, 0.15) is 5.69 Å². The Morgan fingerprint density at radius 2 is 2.14 bits per heavy atom. The molecular formula is C14H20N4O3. The smallest absolute Gasteiger partial charge is 0.275 e. The molecule has 0 spiro atoms. The fourth-order valence-electron chi connectivity index (χ4n) is 2.11. The monoisotopic (exact) mass is 292 g/mol. The van der Waals surface area contributed by atoms with Gasteiger partial charge in [-0.3, -0.25) is 9.59 Å². The molecule has 0 aliphatic carbocycles. The van der Waals surface area contributed by atoms with Crippen molar-refractivity contribution < 1.29 is 9.53 Å². The summed E-state index contributed by atoms with van der Waals surface area (Å²) < 4.78 is 6.83. The zero-order chi connectivity index (χ0) is 15.6. The van der Waals surface area contributed by atoms with Crippen LogP contribution in [0.25, 0.3) is 11.3 Å². The normalized spacial score (nSPS) is 12.8. The second-order valence-corrected chi connectivity index (χ2v) is 5.36. The molecule has 2 aliphatic heterocycles. The van der Waals surface area contributed by atoms with Crippen molar-refractivity contribution in [1.29, 1.82) is 0 Å². The number of hydrogen-bond donors (Lipinski definition) is 2. The lowest BCUT2D eigenvalue weighted by Crippen LogP contribution is -2.36. The SMILES string of the molecule is COC[C@H](C)NC(=O)c1cn(C(C)C)cc2c(=O)[nH]nc1-2. The third-order valence-corrected chi connectivity index (χ3v) is 3.22. The minimum absolute atomic E-state index is 0.129. The number of carbonyl (C=O) groups excluding carboxylic acids is 1. The summed E-state index contributed by atoms with van der Waals surface area (Å²) in [5.41, 5.74) is 0.885. The number of hydrogen-bond acceptors (Lipinski definition) is 4. The number of methoxy groups -OCH3 is 1. The highest BCUT2D eigenvalue weighted by atomic mass is 16.5. The van der Waals surface area contributed by atoms with Gasteiger partial charge < -0.3 is 14.6 Å². The second-order valence-electron chi connectivity index (χ2n) is 5.36. The lowest BCUT2D eigenvalue weighted by atomic mass is 10.1. The van der Waals surface area contributed by atoms with E-state index in [0.717, 1.165) is 0 Å². The van der Waals surface area contributed by atoms with Crippen LogP contribution >= 0.6 is 0 Å². The summed E-state index contributed by atoms with van der Waals surface area (Å²) in [6, 6.07) is 0.00238. The lowest BCUT2D eigenvalue weighted by Gasteiger charge is -2.17. The van der Waals surface area contributed by atoms with Crippen molar-refractivity contribution in [1.82, 2.24) is 20.1 Å². The standard InChI is InChI=1S/C14H20N4O3/c1-8(2)18-5-10(13(19)15-9(3)7-21-4)12-11(6-18)14(20)17-16-12/h5-6,8-9H,7H2,1-4H3,(H,15,19)(H,17,20)/t9-/m0/s1. The lowest BCUT2D eigenvalue weighted by molar-refractivity contribution is 0.0905. The molecule has 0 aromatic rings. The number of carbonyl (C=O) groups is 1. The van der Waals surface area contributed by atoms with Gasteiger partial charge in [-0.25, -0.2) is 5.10 Å². The molecule has 21 heavy (non-hydrogen) atoms. The molecule has 2 N–H and O–H groups in total. The molecule has 0 radical (unpaired) electrons. The van der Waals surface area contributed by atoms with Gasteiger partial charge in [0.05, 0.1) is 17.7 Å². The van der Waals surface area contributed by atoms with Gasteiger partial charge in [-0.1, -0.05) is 0 Å². The minimum atomic E-state index is -0.293. The number of rotatable bonds is 5. The highest BCUT2D eigenvalue weighted by Crippen LogP contribution is 2.21. The maximum atomic E-state index is 12.4. The molecule has 2 heterocycles. The average Bonchev–Trinajstić information content (AvgIpc) is 2.79. The average molecular weight is 292 g/mol. The zero-order valence-electron chi connectivity index (χ0n) is 12.6. The molecule has 2 rings (SSSR count). The predicted molar refractivity (Wildman–Crippen MR) is 78.7 cm³/mol. The fourth-order valence-corrected chi connectivity index (χ4v) is 2.11. The Kier molecular flexibility index (Phi) is 4.42. The van der Waals surface area contributed by atoms with Gasteiger partial charge in [0.15, 0.2) is 0 Å². The first-order valence-electron chi connectivity index (χ1n) is 6.83. The van der Waals surface area contributed by atoms with Crippen molar-refractivity contribution in [3.63, 3.8) is 0 Å². The first kappa shape index (κ1) is 15.2. The second kappa shape index (κ2) is 6.09.